The predicted octanol–water partition coefficient (Wildman–Crippen LogP) is 1.97. The van der Waals surface area contributed by atoms with Gasteiger partial charge >= 0.3 is 0 Å². The first-order valence-electron chi connectivity index (χ1n) is 6.03. The zero-order chi connectivity index (χ0) is 13.7. The van der Waals surface area contributed by atoms with E-state index in [1.165, 1.54) is 4.88 Å². The number of aromatic nitrogens is 3. The Morgan fingerprint density at radius 3 is 2.95 bits per heavy atom. The highest BCUT2D eigenvalue weighted by atomic mass is 32.1. The Morgan fingerprint density at radius 1 is 1.42 bits per heavy atom. The Balaban J connectivity index is 2.03. The van der Waals surface area contributed by atoms with Gasteiger partial charge in [-0.15, -0.1) is 11.3 Å². The minimum atomic E-state index is 0.371. The molecule has 0 aliphatic rings. The summed E-state index contributed by atoms with van der Waals surface area (Å²) in [6.07, 6.45) is 0. The van der Waals surface area contributed by atoms with Gasteiger partial charge < -0.3 is 15.8 Å². The number of anilines is 2. The van der Waals surface area contributed by atoms with E-state index in [0.717, 1.165) is 5.69 Å². The van der Waals surface area contributed by atoms with E-state index in [9.17, 15) is 0 Å². The van der Waals surface area contributed by atoms with E-state index in [-0.39, 0.29) is 0 Å². The van der Waals surface area contributed by atoms with Crippen LogP contribution in [0, 0.1) is 6.92 Å². The van der Waals surface area contributed by atoms with E-state index in [1.807, 2.05) is 19.4 Å². The highest BCUT2D eigenvalue weighted by Gasteiger charge is 2.05. The number of hydrogen-bond donors (Lipinski definition) is 2. The Kier molecular flexibility index (Phi) is 4.64. The maximum atomic E-state index is 5.75. The average Bonchev–Trinajstić information content (AvgIpc) is 2.79. The summed E-state index contributed by atoms with van der Waals surface area (Å²) in [7, 11) is 0. The second-order valence-electron chi connectivity index (χ2n) is 3.95. The number of thiazole rings is 1. The van der Waals surface area contributed by atoms with Crippen LogP contribution in [0.5, 0.6) is 0 Å². The molecule has 0 fully saturated rings. The van der Waals surface area contributed by atoms with Gasteiger partial charge in [0.1, 0.15) is 18.2 Å². The van der Waals surface area contributed by atoms with Crippen molar-refractivity contribution in [3.63, 3.8) is 0 Å². The molecular weight excluding hydrogens is 262 g/mol. The quantitative estimate of drug-likeness (QED) is 0.841. The molecule has 6 nitrogen and oxygen atoms in total. The number of ether oxygens (including phenoxy) is 1. The Labute approximate surface area is 116 Å². The molecule has 0 bridgehead atoms. The van der Waals surface area contributed by atoms with Gasteiger partial charge in [-0.2, -0.15) is 0 Å². The zero-order valence-corrected chi connectivity index (χ0v) is 11.8. The minimum absolute atomic E-state index is 0.371. The van der Waals surface area contributed by atoms with Gasteiger partial charge in [-0.3, -0.25) is 0 Å². The number of nitrogens with two attached hydrogens (primary N) is 1. The lowest BCUT2D eigenvalue weighted by Gasteiger charge is -2.08. The second-order valence-corrected chi connectivity index (χ2v) is 4.89. The maximum absolute atomic E-state index is 5.75. The van der Waals surface area contributed by atoms with Gasteiger partial charge in [0.25, 0.3) is 0 Å². The summed E-state index contributed by atoms with van der Waals surface area (Å²) in [6.45, 7) is 5.60. The molecule has 0 spiro atoms. The fourth-order valence-corrected chi connectivity index (χ4v) is 2.25. The fraction of sp³-hybridized carbons (Fsp3) is 0.417. The molecule has 0 unspecified atom stereocenters. The predicted molar refractivity (Wildman–Crippen MR) is 76.0 cm³/mol. The molecule has 19 heavy (non-hydrogen) atoms. The lowest BCUT2D eigenvalue weighted by molar-refractivity contribution is 0.128. The highest BCUT2D eigenvalue weighted by Crippen LogP contribution is 2.15. The molecule has 7 heteroatoms. The Bertz CT molecular complexity index is 543. The molecule has 0 amide bonds. The third-order valence-corrected chi connectivity index (χ3v) is 3.44. The van der Waals surface area contributed by atoms with Crippen molar-refractivity contribution in [2.75, 3.05) is 17.7 Å². The summed E-state index contributed by atoms with van der Waals surface area (Å²) in [6, 6.07) is 1.71. The molecule has 0 atom stereocenters. The summed E-state index contributed by atoms with van der Waals surface area (Å²) in [4.78, 5) is 13.9. The van der Waals surface area contributed by atoms with Crippen LogP contribution in [0.15, 0.2) is 11.6 Å². The van der Waals surface area contributed by atoms with Crippen molar-refractivity contribution >= 4 is 23.0 Å². The van der Waals surface area contributed by atoms with Crippen molar-refractivity contribution in [2.45, 2.75) is 27.0 Å². The van der Waals surface area contributed by atoms with Gasteiger partial charge in [0.05, 0.1) is 17.7 Å². The summed E-state index contributed by atoms with van der Waals surface area (Å²) in [5.41, 5.74) is 8.62. The van der Waals surface area contributed by atoms with E-state index in [0.29, 0.717) is 37.2 Å². The summed E-state index contributed by atoms with van der Waals surface area (Å²) in [5, 5.41) is 3.23. The van der Waals surface area contributed by atoms with Crippen LogP contribution >= 0.6 is 11.3 Å². The first-order valence-corrected chi connectivity index (χ1v) is 6.91. The fourth-order valence-electron chi connectivity index (χ4n) is 1.53. The molecule has 2 heterocycles. The molecule has 0 saturated heterocycles. The van der Waals surface area contributed by atoms with Crippen molar-refractivity contribution < 1.29 is 4.74 Å². The topological polar surface area (TPSA) is 86.0 Å². The van der Waals surface area contributed by atoms with Crippen LogP contribution in [0.1, 0.15) is 23.3 Å². The maximum Gasteiger partial charge on any atom is 0.158 e. The van der Waals surface area contributed by atoms with Crippen LogP contribution in [0.3, 0.4) is 0 Å². The van der Waals surface area contributed by atoms with Gasteiger partial charge in [0, 0.05) is 17.6 Å². The van der Waals surface area contributed by atoms with E-state index in [4.69, 9.17) is 10.5 Å². The lowest BCUT2D eigenvalue weighted by atomic mass is 10.4. The van der Waals surface area contributed by atoms with Crippen molar-refractivity contribution in [2.24, 2.45) is 0 Å². The SMILES string of the molecule is CCOCc1nc(N)cc(NCc2scnc2C)n1. The van der Waals surface area contributed by atoms with Crippen LogP contribution in [-0.4, -0.2) is 21.6 Å². The van der Waals surface area contributed by atoms with Crippen molar-refractivity contribution in [3.05, 3.63) is 28.0 Å². The molecule has 0 aliphatic heterocycles. The number of hydrogen-bond acceptors (Lipinski definition) is 7. The van der Waals surface area contributed by atoms with E-state index in [1.54, 1.807) is 17.4 Å². The standard InChI is InChI=1S/C12H17N5OS/c1-3-18-6-12-16-10(13)4-11(17-12)14-5-9-8(2)15-7-19-9/h4,7H,3,5-6H2,1-2H3,(H3,13,14,16,17). The second kappa shape index (κ2) is 6.44. The van der Waals surface area contributed by atoms with E-state index >= 15 is 0 Å². The Morgan fingerprint density at radius 2 is 2.26 bits per heavy atom. The largest absolute Gasteiger partial charge is 0.384 e. The van der Waals surface area contributed by atoms with Crippen molar-refractivity contribution in [1.29, 1.82) is 0 Å². The number of nitrogens with zero attached hydrogens (tertiary/aromatic N) is 3. The molecule has 3 N–H and O–H groups in total. The summed E-state index contributed by atoms with van der Waals surface area (Å²) in [5.74, 6) is 1.73. The third-order valence-electron chi connectivity index (χ3n) is 2.50. The normalized spacial score (nSPS) is 10.6. The molecule has 0 aromatic carbocycles. The molecule has 2 aromatic rings. The molecule has 2 rings (SSSR count). The zero-order valence-electron chi connectivity index (χ0n) is 11.0. The number of aryl methyl sites for hydroxylation is 1. The summed E-state index contributed by atoms with van der Waals surface area (Å²) < 4.78 is 5.28. The van der Waals surface area contributed by atoms with Crippen molar-refractivity contribution in [1.82, 2.24) is 15.0 Å². The molecular formula is C12H17N5OS. The molecule has 0 radical (unpaired) electrons. The number of nitrogen functional groups attached to an aromatic ring is 1. The summed E-state index contributed by atoms with van der Waals surface area (Å²) >= 11 is 1.62. The first kappa shape index (κ1) is 13.7. The van der Waals surface area contributed by atoms with Gasteiger partial charge in [-0.1, -0.05) is 0 Å². The third kappa shape index (κ3) is 3.87. The van der Waals surface area contributed by atoms with E-state index in [2.05, 4.69) is 20.3 Å². The molecule has 0 saturated carbocycles. The highest BCUT2D eigenvalue weighted by molar-refractivity contribution is 7.09. The van der Waals surface area contributed by atoms with Crippen LogP contribution < -0.4 is 11.1 Å². The Hall–Kier alpha value is -1.73. The van der Waals surface area contributed by atoms with Crippen LogP contribution in [0.25, 0.3) is 0 Å². The van der Waals surface area contributed by atoms with E-state index < -0.39 is 0 Å². The first-order chi connectivity index (χ1) is 9.19. The van der Waals surface area contributed by atoms with Gasteiger partial charge in [0.2, 0.25) is 0 Å². The van der Waals surface area contributed by atoms with Crippen LogP contribution in [-0.2, 0) is 17.9 Å². The van der Waals surface area contributed by atoms with Gasteiger partial charge in [-0.25, -0.2) is 15.0 Å². The smallest absolute Gasteiger partial charge is 0.158 e. The minimum Gasteiger partial charge on any atom is -0.384 e. The number of rotatable bonds is 6. The lowest BCUT2D eigenvalue weighted by Crippen LogP contribution is -2.07. The number of nitrogens with one attached hydrogen (secondary N) is 1. The molecule has 2 aromatic heterocycles. The molecule has 0 aliphatic carbocycles. The van der Waals surface area contributed by atoms with Gasteiger partial charge in [-0.05, 0) is 13.8 Å². The monoisotopic (exact) mass is 279 g/mol. The van der Waals surface area contributed by atoms with Gasteiger partial charge in [0.15, 0.2) is 5.82 Å². The average molecular weight is 279 g/mol. The molecule has 102 valence electrons. The van der Waals surface area contributed by atoms with Crippen molar-refractivity contribution in [3.8, 4) is 0 Å². The van der Waals surface area contributed by atoms with Crippen LogP contribution in [0.4, 0.5) is 11.6 Å². The van der Waals surface area contributed by atoms with Crippen LogP contribution in [0.2, 0.25) is 0 Å².